The van der Waals surface area contributed by atoms with Crippen molar-refractivity contribution in [1.82, 2.24) is 10.2 Å². The normalized spacial score (nSPS) is 13.0. The number of aryl methyl sites for hydroxylation is 1. The third kappa shape index (κ3) is 8.98. The SMILES string of the molecule is CCC(C)(C)N(C(=O)C(Cc1ccc(O)cc1)NC(=O)OC(C)(C)C)C(C(=O)Nc1ccccc1C)c1ccc(O)cc1. The Morgan fingerprint density at radius 2 is 1.42 bits per heavy atom. The van der Waals surface area contributed by atoms with Crippen LogP contribution in [-0.4, -0.2) is 50.2 Å². The number of hydrogen-bond donors (Lipinski definition) is 4. The lowest BCUT2D eigenvalue weighted by Gasteiger charge is -2.44. The van der Waals surface area contributed by atoms with Gasteiger partial charge in [-0.1, -0.05) is 49.4 Å². The molecule has 0 fully saturated rings. The third-order valence-corrected chi connectivity index (χ3v) is 7.24. The van der Waals surface area contributed by atoms with Crippen LogP contribution in [0.1, 0.15) is 70.7 Å². The summed E-state index contributed by atoms with van der Waals surface area (Å²) in [4.78, 5) is 43.4. The minimum Gasteiger partial charge on any atom is -0.508 e. The minimum atomic E-state index is -1.12. The molecule has 2 unspecified atom stereocenters. The van der Waals surface area contributed by atoms with Gasteiger partial charge in [0.2, 0.25) is 5.91 Å². The lowest BCUT2D eigenvalue weighted by atomic mass is 9.91. The molecule has 4 N–H and O–H groups in total. The van der Waals surface area contributed by atoms with Gasteiger partial charge in [-0.3, -0.25) is 9.59 Å². The number of ether oxygens (including phenoxy) is 1. The van der Waals surface area contributed by atoms with Gasteiger partial charge < -0.3 is 30.5 Å². The van der Waals surface area contributed by atoms with Crippen molar-refractivity contribution in [2.75, 3.05) is 5.32 Å². The quantitative estimate of drug-likeness (QED) is 0.222. The second kappa shape index (κ2) is 13.6. The van der Waals surface area contributed by atoms with Crippen LogP contribution in [0.4, 0.5) is 10.5 Å². The van der Waals surface area contributed by atoms with Crippen LogP contribution >= 0.6 is 0 Å². The number of nitrogens with one attached hydrogen (secondary N) is 2. The largest absolute Gasteiger partial charge is 0.508 e. The predicted octanol–water partition coefficient (Wildman–Crippen LogP) is 6.24. The van der Waals surface area contributed by atoms with E-state index in [2.05, 4.69) is 10.6 Å². The molecule has 0 aliphatic rings. The maximum absolute atomic E-state index is 14.7. The summed E-state index contributed by atoms with van der Waals surface area (Å²) in [7, 11) is 0. The molecule has 0 heterocycles. The molecule has 0 saturated heterocycles. The zero-order valence-corrected chi connectivity index (χ0v) is 26.0. The molecule has 0 spiro atoms. The van der Waals surface area contributed by atoms with Gasteiger partial charge in [0, 0.05) is 17.6 Å². The molecule has 9 heteroatoms. The molecule has 9 nitrogen and oxygen atoms in total. The molecule has 0 bridgehead atoms. The van der Waals surface area contributed by atoms with Crippen LogP contribution in [0, 0.1) is 6.92 Å². The first-order valence-corrected chi connectivity index (χ1v) is 14.4. The Bertz CT molecular complexity index is 1410. The highest BCUT2D eigenvalue weighted by atomic mass is 16.6. The van der Waals surface area contributed by atoms with Crippen molar-refractivity contribution in [1.29, 1.82) is 0 Å². The minimum absolute atomic E-state index is 0.0197. The van der Waals surface area contributed by atoms with Gasteiger partial charge in [-0.05, 0) is 95.0 Å². The van der Waals surface area contributed by atoms with E-state index in [1.807, 2.05) is 45.9 Å². The van der Waals surface area contributed by atoms with Crippen molar-refractivity contribution in [2.24, 2.45) is 0 Å². The number of alkyl carbamates (subject to hydrolysis) is 1. The van der Waals surface area contributed by atoms with Gasteiger partial charge in [-0.15, -0.1) is 0 Å². The van der Waals surface area contributed by atoms with Gasteiger partial charge in [0.15, 0.2) is 0 Å². The van der Waals surface area contributed by atoms with Crippen LogP contribution in [0.5, 0.6) is 11.5 Å². The summed E-state index contributed by atoms with van der Waals surface area (Å²) < 4.78 is 5.50. The average molecular weight is 590 g/mol. The first kappa shape index (κ1) is 33.0. The monoisotopic (exact) mass is 589 g/mol. The van der Waals surface area contributed by atoms with Crippen molar-refractivity contribution in [2.45, 2.75) is 84.5 Å². The van der Waals surface area contributed by atoms with Crippen LogP contribution in [0.2, 0.25) is 0 Å². The molecule has 3 rings (SSSR count). The summed E-state index contributed by atoms with van der Waals surface area (Å²) in [6.45, 7) is 12.7. The van der Waals surface area contributed by atoms with Crippen LogP contribution in [-0.2, 0) is 20.7 Å². The first-order chi connectivity index (χ1) is 20.1. The molecule has 0 aliphatic heterocycles. The highest BCUT2D eigenvalue weighted by Crippen LogP contribution is 2.34. The lowest BCUT2D eigenvalue weighted by molar-refractivity contribution is -0.147. The van der Waals surface area contributed by atoms with E-state index in [0.717, 1.165) is 5.56 Å². The van der Waals surface area contributed by atoms with E-state index < -0.39 is 41.1 Å². The molecule has 0 aromatic heterocycles. The van der Waals surface area contributed by atoms with Crippen LogP contribution in [0.15, 0.2) is 72.8 Å². The van der Waals surface area contributed by atoms with E-state index in [-0.39, 0.29) is 17.9 Å². The Morgan fingerprint density at radius 1 is 0.860 bits per heavy atom. The molecule has 230 valence electrons. The Kier molecular flexibility index (Phi) is 10.5. The standard InChI is InChI=1S/C34H43N3O6/c1-8-34(6,7)37(29(24-15-19-26(39)20-16-24)30(40)35-27-12-10-9-11-22(27)2)31(41)28(36-32(42)43-33(3,4)5)21-23-13-17-25(38)18-14-23/h9-20,28-29,38-39H,8,21H2,1-7H3,(H,35,40)(H,36,42). The molecular weight excluding hydrogens is 546 g/mol. The number of para-hydroxylation sites is 1. The van der Waals surface area contributed by atoms with E-state index in [1.165, 1.54) is 29.2 Å². The number of aromatic hydroxyl groups is 2. The Labute approximate surface area is 253 Å². The van der Waals surface area contributed by atoms with Crippen molar-refractivity contribution in [3.8, 4) is 11.5 Å². The van der Waals surface area contributed by atoms with Crippen LogP contribution in [0.25, 0.3) is 0 Å². The molecule has 2 atom stereocenters. The Morgan fingerprint density at radius 3 is 1.95 bits per heavy atom. The van der Waals surface area contributed by atoms with E-state index in [0.29, 0.717) is 23.2 Å². The smallest absolute Gasteiger partial charge is 0.408 e. The van der Waals surface area contributed by atoms with Crippen LogP contribution < -0.4 is 10.6 Å². The average Bonchev–Trinajstić information content (AvgIpc) is 2.93. The Hall–Kier alpha value is -4.53. The number of benzene rings is 3. The number of carbonyl (C=O) groups is 3. The molecule has 3 aromatic carbocycles. The summed E-state index contributed by atoms with van der Waals surface area (Å²) in [6.07, 6.45) is -0.205. The van der Waals surface area contributed by atoms with Gasteiger partial charge in [0.25, 0.3) is 5.91 Å². The number of hydrogen-bond acceptors (Lipinski definition) is 6. The van der Waals surface area contributed by atoms with Crippen molar-refractivity contribution in [3.05, 3.63) is 89.5 Å². The number of amides is 3. The molecule has 0 saturated carbocycles. The van der Waals surface area contributed by atoms with Gasteiger partial charge >= 0.3 is 6.09 Å². The maximum atomic E-state index is 14.7. The number of nitrogens with zero attached hydrogens (tertiary/aromatic N) is 1. The van der Waals surface area contributed by atoms with Crippen molar-refractivity contribution >= 4 is 23.6 Å². The van der Waals surface area contributed by atoms with E-state index in [4.69, 9.17) is 4.74 Å². The molecular formula is C34H43N3O6. The summed E-state index contributed by atoms with van der Waals surface area (Å²) in [5.41, 5.74) is 0.966. The second-order valence-electron chi connectivity index (χ2n) is 12.2. The summed E-state index contributed by atoms with van der Waals surface area (Å²) in [5, 5.41) is 25.5. The molecule has 43 heavy (non-hydrogen) atoms. The zero-order valence-electron chi connectivity index (χ0n) is 26.0. The summed E-state index contributed by atoms with van der Waals surface area (Å²) >= 11 is 0. The van der Waals surface area contributed by atoms with E-state index in [1.54, 1.807) is 51.1 Å². The topological polar surface area (TPSA) is 128 Å². The second-order valence-corrected chi connectivity index (χ2v) is 12.2. The van der Waals surface area contributed by atoms with Crippen molar-refractivity contribution in [3.63, 3.8) is 0 Å². The van der Waals surface area contributed by atoms with E-state index in [9.17, 15) is 24.6 Å². The molecule has 3 aromatic rings. The fourth-order valence-electron chi connectivity index (χ4n) is 4.62. The zero-order chi connectivity index (χ0) is 31.9. The number of anilines is 1. The van der Waals surface area contributed by atoms with Gasteiger partial charge in [-0.2, -0.15) is 0 Å². The van der Waals surface area contributed by atoms with Gasteiger partial charge in [0.1, 0.15) is 29.2 Å². The fourth-order valence-corrected chi connectivity index (χ4v) is 4.62. The van der Waals surface area contributed by atoms with E-state index >= 15 is 0 Å². The summed E-state index contributed by atoms with van der Waals surface area (Å²) in [5.74, 6) is -0.855. The predicted molar refractivity (Wildman–Crippen MR) is 167 cm³/mol. The fraction of sp³-hybridized carbons (Fsp3) is 0.382. The Balaban J connectivity index is 2.14. The highest BCUT2D eigenvalue weighted by molar-refractivity contribution is 5.99. The first-order valence-electron chi connectivity index (χ1n) is 14.4. The maximum Gasteiger partial charge on any atom is 0.408 e. The number of phenols is 2. The van der Waals surface area contributed by atoms with Gasteiger partial charge in [-0.25, -0.2) is 4.79 Å². The highest BCUT2D eigenvalue weighted by Gasteiger charge is 2.43. The molecule has 0 aliphatic carbocycles. The summed E-state index contributed by atoms with van der Waals surface area (Å²) in [6, 6.07) is 17.6. The number of phenolic OH excluding ortho intramolecular Hbond substituents is 2. The lowest BCUT2D eigenvalue weighted by Crippen LogP contribution is -2.59. The molecule has 3 amide bonds. The number of carbonyl (C=O) groups excluding carboxylic acids is 3. The third-order valence-electron chi connectivity index (χ3n) is 7.24. The van der Waals surface area contributed by atoms with Crippen LogP contribution in [0.3, 0.4) is 0 Å². The molecule has 0 radical (unpaired) electrons. The van der Waals surface area contributed by atoms with Crippen molar-refractivity contribution < 1.29 is 29.3 Å². The number of rotatable bonds is 10. The van der Waals surface area contributed by atoms with Gasteiger partial charge in [0.05, 0.1) is 0 Å².